The topological polar surface area (TPSA) is 81.7 Å². The molecule has 2 aliphatic rings. The van der Waals surface area contributed by atoms with E-state index in [0.717, 1.165) is 19.4 Å². The first-order chi connectivity index (χ1) is 11.0. The molecule has 1 aromatic carbocycles. The van der Waals surface area contributed by atoms with Crippen molar-refractivity contribution in [2.24, 2.45) is 0 Å². The van der Waals surface area contributed by atoms with Gasteiger partial charge in [0.05, 0.1) is 17.6 Å². The summed E-state index contributed by atoms with van der Waals surface area (Å²) in [6.45, 7) is 1.31. The number of ether oxygens (including phenoxy) is 2. The molecule has 23 heavy (non-hydrogen) atoms. The molecule has 7 heteroatoms. The second-order valence-corrected chi connectivity index (χ2v) is 8.27. The normalized spacial score (nSPS) is 26.1. The van der Waals surface area contributed by atoms with Gasteiger partial charge in [-0.1, -0.05) is 0 Å². The minimum Gasteiger partial charge on any atom is -0.491 e. The number of sulfone groups is 1. The number of carbonyl (C=O) groups excluding carboxylic acids is 1. The molecule has 0 aliphatic carbocycles. The summed E-state index contributed by atoms with van der Waals surface area (Å²) in [5, 5.41) is 2.77. The van der Waals surface area contributed by atoms with Crippen molar-refractivity contribution in [1.82, 2.24) is 5.32 Å². The third-order valence-corrected chi connectivity index (χ3v) is 5.91. The fourth-order valence-electron chi connectivity index (χ4n) is 2.85. The first-order valence-corrected chi connectivity index (χ1v) is 9.70. The van der Waals surface area contributed by atoms with Crippen molar-refractivity contribution >= 4 is 15.7 Å². The molecule has 2 fully saturated rings. The Labute approximate surface area is 136 Å². The highest BCUT2D eigenvalue weighted by atomic mass is 32.2. The van der Waals surface area contributed by atoms with E-state index in [1.165, 1.54) is 0 Å². The van der Waals surface area contributed by atoms with E-state index in [9.17, 15) is 13.2 Å². The maximum Gasteiger partial charge on any atom is 0.251 e. The van der Waals surface area contributed by atoms with Gasteiger partial charge in [-0.15, -0.1) is 0 Å². The number of amides is 1. The summed E-state index contributed by atoms with van der Waals surface area (Å²) in [6, 6.07) is 6.57. The molecule has 0 spiro atoms. The van der Waals surface area contributed by atoms with E-state index >= 15 is 0 Å². The van der Waals surface area contributed by atoms with Crippen LogP contribution < -0.4 is 10.1 Å². The molecule has 1 amide bonds. The summed E-state index contributed by atoms with van der Waals surface area (Å²) in [4.78, 5) is 12.1. The van der Waals surface area contributed by atoms with Crippen molar-refractivity contribution in [2.75, 3.05) is 24.7 Å². The summed E-state index contributed by atoms with van der Waals surface area (Å²) >= 11 is 0. The van der Waals surface area contributed by atoms with Crippen LogP contribution in [0.15, 0.2) is 24.3 Å². The van der Waals surface area contributed by atoms with E-state index in [1.54, 1.807) is 24.3 Å². The molecule has 2 aliphatic heterocycles. The SMILES string of the molecule is O=C(NC1CCS(=O)(=O)C1)c1ccc(OCC2CCCO2)cc1. The molecule has 0 bridgehead atoms. The molecule has 3 rings (SSSR count). The van der Waals surface area contributed by atoms with Gasteiger partial charge in [-0.2, -0.15) is 0 Å². The highest BCUT2D eigenvalue weighted by molar-refractivity contribution is 7.91. The zero-order chi connectivity index (χ0) is 16.3. The Morgan fingerprint density at radius 1 is 1.26 bits per heavy atom. The lowest BCUT2D eigenvalue weighted by atomic mass is 10.2. The molecule has 6 nitrogen and oxygen atoms in total. The van der Waals surface area contributed by atoms with Gasteiger partial charge in [-0.05, 0) is 43.5 Å². The van der Waals surface area contributed by atoms with Crippen LogP contribution in [-0.2, 0) is 14.6 Å². The zero-order valence-electron chi connectivity index (χ0n) is 12.9. The Balaban J connectivity index is 1.51. The average molecular weight is 339 g/mol. The van der Waals surface area contributed by atoms with Crippen molar-refractivity contribution < 1.29 is 22.7 Å². The van der Waals surface area contributed by atoms with Crippen molar-refractivity contribution in [3.8, 4) is 5.75 Å². The van der Waals surface area contributed by atoms with Crippen LogP contribution in [0.25, 0.3) is 0 Å². The van der Waals surface area contributed by atoms with Crippen molar-refractivity contribution in [1.29, 1.82) is 0 Å². The number of rotatable bonds is 5. The second-order valence-electron chi connectivity index (χ2n) is 6.04. The van der Waals surface area contributed by atoms with Gasteiger partial charge in [0.25, 0.3) is 5.91 Å². The maximum atomic E-state index is 12.1. The molecule has 126 valence electrons. The fourth-order valence-corrected chi connectivity index (χ4v) is 4.52. The summed E-state index contributed by atoms with van der Waals surface area (Å²) in [6.07, 6.45) is 2.73. The molecular weight excluding hydrogens is 318 g/mol. The largest absolute Gasteiger partial charge is 0.491 e. The molecule has 1 aromatic rings. The summed E-state index contributed by atoms with van der Waals surface area (Å²) in [5.74, 6) is 0.619. The molecule has 0 aromatic heterocycles. The lowest BCUT2D eigenvalue weighted by Gasteiger charge is -2.13. The van der Waals surface area contributed by atoms with Crippen LogP contribution in [0.4, 0.5) is 0 Å². The second kappa shape index (κ2) is 6.88. The Morgan fingerprint density at radius 3 is 2.65 bits per heavy atom. The smallest absolute Gasteiger partial charge is 0.251 e. The number of hydrogen-bond donors (Lipinski definition) is 1. The monoisotopic (exact) mass is 339 g/mol. The number of hydrogen-bond acceptors (Lipinski definition) is 5. The van der Waals surface area contributed by atoms with Gasteiger partial charge in [0.15, 0.2) is 9.84 Å². The minimum atomic E-state index is -2.99. The highest BCUT2D eigenvalue weighted by Crippen LogP contribution is 2.17. The van der Waals surface area contributed by atoms with E-state index < -0.39 is 9.84 Å². The number of benzene rings is 1. The average Bonchev–Trinajstić information content (AvgIpc) is 3.15. The third-order valence-electron chi connectivity index (χ3n) is 4.14. The lowest BCUT2D eigenvalue weighted by molar-refractivity contribution is 0.0679. The summed E-state index contributed by atoms with van der Waals surface area (Å²) in [5.41, 5.74) is 0.499. The van der Waals surface area contributed by atoms with E-state index in [-0.39, 0.29) is 29.6 Å². The van der Waals surface area contributed by atoms with Gasteiger partial charge in [-0.25, -0.2) is 8.42 Å². The molecule has 0 radical (unpaired) electrons. The Kier molecular flexibility index (Phi) is 4.87. The van der Waals surface area contributed by atoms with Crippen LogP contribution in [0.1, 0.15) is 29.6 Å². The summed E-state index contributed by atoms with van der Waals surface area (Å²) in [7, 11) is -2.99. The van der Waals surface area contributed by atoms with Crippen molar-refractivity contribution in [2.45, 2.75) is 31.4 Å². The minimum absolute atomic E-state index is 0.0291. The first kappa shape index (κ1) is 16.3. The maximum absolute atomic E-state index is 12.1. The van der Waals surface area contributed by atoms with Gasteiger partial charge < -0.3 is 14.8 Å². The number of nitrogens with one attached hydrogen (secondary N) is 1. The van der Waals surface area contributed by atoms with E-state index in [0.29, 0.717) is 24.3 Å². The van der Waals surface area contributed by atoms with Gasteiger partial charge in [0, 0.05) is 18.2 Å². The van der Waals surface area contributed by atoms with Crippen molar-refractivity contribution in [3.63, 3.8) is 0 Å². The third kappa shape index (κ3) is 4.45. The molecule has 0 saturated carbocycles. The zero-order valence-corrected chi connectivity index (χ0v) is 13.7. The van der Waals surface area contributed by atoms with Crippen LogP contribution in [0.5, 0.6) is 5.75 Å². The van der Waals surface area contributed by atoms with Gasteiger partial charge in [-0.3, -0.25) is 4.79 Å². The van der Waals surface area contributed by atoms with Gasteiger partial charge in [0.1, 0.15) is 12.4 Å². The van der Waals surface area contributed by atoms with E-state index in [1.807, 2.05) is 0 Å². The predicted molar refractivity (Wildman–Crippen MR) is 85.4 cm³/mol. The molecule has 1 N–H and O–H groups in total. The van der Waals surface area contributed by atoms with Gasteiger partial charge in [0.2, 0.25) is 0 Å². The summed E-state index contributed by atoms with van der Waals surface area (Å²) < 4.78 is 34.0. The van der Waals surface area contributed by atoms with E-state index in [4.69, 9.17) is 9.47 Å². The Bertz CT molecular complexity index is 650. The lowest BCUT2D eigenvalue weighted by Crippen LogP contribution is -2.35. The van der Waals surface area contributed by atoms with Crippen LogP contribution in [0.3, 0.4) is 0 Å². The quantitative estimate of drug-likeness (QED) is 0.871. The molecular formula is C16H21NO5S. The molecule has 2 atom stereocenters. The Hall–Kier alpha value is -1.60. The van der Waals surface area contributed by atoms with Crippen LogP contribution in [0.2, 0.25) is 0 Å². The predicted octanol–water partition coefficient (Wildman–Crippen LogP) is 1.16. The van der Waals surface area contributed by atoms with Crippen LogP contribution in [0, 0.1) is 0 Å². The van der Waals surface area contributed by atoms with Crippen LogP contribution in [-0.4, -0.2) is 51.2 Å². The van der Waals surface area contributed by atoms with Crippen LogP contribution >= 0.6 is 0 Å². The first-order valence-electron chi connectivity index (χ1n) is 7.88. The molecule has 2 unspecified atom stereocenters. The Morgan fingerprint density at radius 2 is 2.04 bits per heavy atom. The fraction of sp³-hybridized carbons (Fsp3) is 0.562. The highest BCUT2D eigenvalue weighted by Gasteiger charge is 2.29. The van der Waals surface area contributed by atoms with Crippen molar-refractivity contribution in [3.05, 3.63) is 29.8 Å². The standard InChI is InChI=1S/C16H21NO5S/c18-16(17-13-7-9-23(19,20)11-13)12-3-5-14(6-4-12)22-10-15-2-1-8-21-15/h3-6,13,15H,1-2,7-11H2,(H,17,18). The van der Waals surface area contributed by atoms with Gasteiger partial charge >= 0.3 is 0 Å². The molecule has 2 heterocycles. The van der Waals surface area contributed by atoms with E-state index in [2.05, 4.69) is 5.32 Å². The number of carbonyl (C=O) groups is 1. The molecule has 2 saturated heterocycles.